The maximum Gasteiger partial charge on any atom is 0.150 e. The highest BCUT2D eigenvalue weighted by molar-refractivity contribution is 5.50. The van der Waals surface area contributed by atoms with Crippen LogP contribution in [0.3, 0.4) is 0 Å². The van der Waals surface area contributed by atoms with Gasteiger partial charge in [-0.05, 0) is 31.0 Å². The van der Waals surface area contributed by atoms with E-state index in [1.807, 2.05) is 24.3 Å². The summed E-state index contributed by atoms with van der Waals surface area (Å²) in [6.45, 7) is 3.97. The molecule has 132 valence electrons. The second-order valence-electron chi connectivity index (χ2n) is 6.31. The lowest BCUT2D eigenvalue weighted by Crippen LogP contribution is -2.48. The van der Waals surface area contributed by atoms with Gasteiger partial charge in [-0.15, -0.1) is 0 Å². The van der Waals surface area contributed by atoms with E-state index in [-0.39, 0.29) is 6.04 Å². The third-order valence-corrected chi connectivity index (χ3v) is 4.72. The van der Waals surface area contributed by atoms with Crippen molar-refractivity contribution in [2.24, 2.45) is 0 Å². The molecule has 4 heterocycles. The molecule has 0 radical (unpaired) electrons. The molecular formula is C18H23N5O2. The van der Waals surface area contributed by atoms with Crippen LogP contribution in [-0.2, 0) is 9.47 Å². The van der Waals surface area contributed by atoms with Gasteiger partial charge in [0.15, 0.2) is 0 Å². The third kappa shape index (κ3) is 3.95. The van der Waals surface area contributed by atoms with Crippen LogP contribution in [0.4, 0.5) is 11.6 Å². The summed E-state index contributed by atoms with van der Waals surface area (Å²) in [6, 6.07) is 8.21. The maximum absolute atomic E-state index is 5.73. The molecule has 2 aliphatic heterocycles. The van der Waals surface area contributed by atoms with Gasteiger partial charge in [-0.1, -0.05) is 6.07 Å². The molecule has 4 rings (SSSR count). The highest BCUT2D eigenvalue weighted by Crippen LogP contribution is 2.28. The lowest BCUT2D eigenvalue weighted by molar-refractivity contribution is -0.0591. The molecule has 7 nitrogen and oxygen atoms in total. The van der Waals surface area contributed by atoms with Crippen molar-refractivity contribution in [2.75, 3.05) is 38.3 Å². The Morgan fingerprint density at radius 1 is 0.960 bits per heavy atom. The molecule has 1 N–H and O–H groups in total. The minimum Gasteiger partial charge on any atom is -0.381 e. The van der Waals surface area contributed by atoms with Gasteiger partial charge in [0.1, 0.15) is 17.5 Å². The summed E-state index contributed by atoms with van der Waals surface area (Å²) >= 11 is 0. The molecule has 0 amide bonds. The van der Waals surface area contributed by atoms with Crippen LogP contribution in [0, 0.1) is 0 Å². The van der Waals surface area contributed by atoms with E-state index in [1.54, 1.807) is 12.4 Å². The highest BCUT2D eigenvalue weighted by atomic mass is 16.5. The van der Waals surface area contributed by atoms with E-state index in [1.165, 1.54) is 0 Å². The van der Waals surface area contributed by atoms with E-state index in [0.717, 1.165) is 56.7 Å². The number of ether oxygens (including phenoxy) is 2. The smallest absolute Gasteiger partial charge is 0.150 e. The topological polar surface area (TPSA) is 72.4 Å². The number of hydrogen-bond donors (Lipinski definition) is 1. The van der Waals surface area contributed by atoms with Gasteiger partial charge < -0.3 is 14.8 Å². The first-order valence-corrected chi connectivity index (χ1v) is 8.82. The largest absolute Gasteiger partial charge is 0.381 e. The average Bonchev–Trinajstić information content (AvgIpc) is 2.70. The number of nitrogens with one attached hydrogen (secondary N) is 1. The molecule has 25 heavy (non-hydrogen) atoms. The van der Waals surface area contributed by atoms with Crippen molar-refractivity contribution in [1.82, 2.24) is 19.9 Å². The Kier molecular flexibility index (Phi) is 5.15. The van der Waals surface area contributed by atoms with Crippen molar-refractivity contribution in [3.8, 4) is 0 Å². The van der Waals surface area contributed by atoms with E-state index in [9.17, 15) is 0 Å². The van der Waals surface area contributed by atoms with Crippen LogP contribution >= 0.6 is 0 Å². The molecular weight excluding hydrogens is 318 g/mol. The fourth-order valence-corrected chi connectivity index (χ4v) is 3.47. The van der Waals surface area contributed by atoms with E-state index in [0.29, 0.717) is 12.6 Å². The van der Waals surface area contributed by atoms with Gasteiger partial charge in [0.2, 0.25) is 0 Å². The zero-order valence-corrected chi connectivity index (χ0v) is 14.2. The summed E-state index contributed by atoms with van der Waals surface area (Å²) in [5.74, 6) is 2.32. The zero-order valence-electron chi connectivity index (χ0n) is 14.2. The zero-order chi connectivity index (χ0) is 16.9. The lowest BCUT2D eigenvalue weighted by atomic mass is 10.0. The van der Waals surface area contributed by atoms with Crippen molar-refractivity contribution in [3.63, 3.8) is 0 Å². The summed E-state index contributed by atoms with van der Waals surface area (Å²) in [5.41, 5.74) is 0. The van der Waals surface area contributed by atoms with Gasteiger partial charge >= 0.3 is 0 Å². The van der Waals surface area contributed by atoms with E-state index in [4.69, 9.17) is 14.5 Å². The van der Waals surface area contributed by atoms with Crippen LogP contribution < -0.4 is 5.32 Å². The lowest BCUT2D eigenvalue weighted by Gasteiger charge is -2.41. The van der Waals surface area contributed by atoms with Crippen LogP contribution in [-0.4, -0.2) is 58.9 Å². The van der Waals surface area contributed by atoms with Gasteiger partial charge in [-0.2, -0.15) is 0 Å². The Labute approximate surface area is 147 Å². The molecule has 7 heteroatoms. The molecule has 2 aliphatic rings. The molecule has 2 fully saturated rings. The summed E-state index contributed by atoms with van der Waals surface area (Å²) < 4.78 is 11.2. The predicted octanol–water partition coefficient (Wildman–Crippen LogP) is 2.17. The molecule has 0 aromatic carbocycles. The summed E-state index contributed by atoms with van der Waals surface area (Å²) in [5, 5.41) is 3.24. The first-order valence-electron chi connectivity index (χ1n) is 8.82. The van der Waals surface area contributed by atoms with Crippen molar-refractivity contribution in [1.29, 1.82) is 0 Å². The molecule has 1 atom stereocenters. The Hall–Kier alpha value is -2.09. The van der Waals surface area contributed by atoms with Gasteiger partial charge in [-0.25, -0.2) is 15.0 Å². The number of aromatic nitrogens is 3. The standard InChI is InChI=1S/C18H23N5O2/c1-2-7-19-16(3-1)21-17-4-8-20-18(22-17)15-13-25-12-9-23(15)14-5-10-24-11-6-14/h1-4,7-8,14-15H,5-6,9-13H2,(H,19,20,21,22)/t15-/m0/s1. The maximum atomic E-state index is 5.73. The monoisotopic (exact) mass is 341 g/mol. The van der Waals surface area contributed by atoms with Crippen molar-refractivity contribution < 1.29 is 9.47 Å². The molecule has 0 saturated carbocycles. The van der Waals surface area contributed by atoms with Crippen molar-refractivity contribution in [3.05, 3.63) is 42.5 Å². The molecule has 0 aliphatic carbocycles. The molecule has 0 spiro atoms. The van der Waals surface area contributed by atoms with Crippen LogP contribution in [0.5, 0.6) is 0 Å². The number of nitrogens with zero attached hydrogens (tertiary/aromatic N) is 4. The van der Waals surface area contributed by atoms with Gasteiger partial charge in [0, 0.05) is 38.2 Å². The fraction of sp³-hybridized carbons (Fsp3) is 0.500. The quantitative estimate of drug-likeness (QED) is 0.913. The minimum atomic E-state index is 0.0855. The Bertz CT molecular complexity index is 678. The Balaban J connectivity index is 1.53. The van der Waals surface area contributed by atoms with Gasteiger partial charge in [-0.3, -0.25) is 4.90 Å². The summed E-state index contributed by atoms with van der Waals surface area (Å²) in [4.78, 5) is 16.0. The number of pyridine rings is 1. The van der Waals surface area contributed by atoms with E-state index >= 15 is 0 Å². The second-order valence-corrected chi connectivity index (χ2v) is 6.31. The SMILES string of the molecule is c1ccc(Nc2ccnc([C@@H]3COCCN3C3CCOCC3)n2)nc1. The summed E-state index contributed by atoms with van der Waals surface area (Å²) in [6.07, 6.45) is 5.67. The predicted molar refractivity (Wildman–Crippen MR) is 93.7 cm³/mol. The second kappa shape index (κ2) is 7.86. The Morgan fingerprint density at radius 2 is 1.88 bits per heavy atom. The number of morpholine rings is 1. The minimum absolute atomic E-state index is 0.0855. The van der Waals surface area contributed by atoms with Crippen LogP contribution in [0.1, 0.15) is 24.7 Å². The average molecular weight is 341 g/mol. The van der Waals surface area contributed by atoms with Crippen molar-refractivity contribution >= 4 is 11.6 Å². The molecule has 2 saturated heterocycles. The van der Waals surface area contributed by atoms with E-state index in [2.05, 4.69) is 20.2 Å². The Morgan fingerprint density at radius 3 is 2.72 bits per heavy atom. The van der Waals surface area contributed by atoms with Crippen LogP contribution in [0.2, 0.25) is 0 Å². The molecule has 2 aromatic rings. The first kappa shape index (κ1) is 16.4. The summed E-state index contributed by atoms with van der Waals surface area (Å²) in [7, 11) is 0. The van der Waals surface area contributed by atoms with Gasteiger partial charge in [0.05, 0.1) is 19.3 Å². The normalized spacial score (nSPS) is 22.6. The number of anilines is 2. The van der Waals surface area contributed by atoms with Crippen LogP contribution in [0.15, 0.2) is 36.7 Å². The van der Waals surface area contributed by atoms with Gasteiger partial charge in [0.25, 0.3) is 0 Å². The number of hydrogen-bond acceptors (Lipinski definition) is 7. The third-order valence-electron chi connectivity index (χ3n) is 4.72. The highest BCUT2D eigenvalue weighted by Gasteiger charge is 2.33. The van der Waals surface area contributed by atoms with E-state index < -0.39 is 0 Å². The first-order chi connectivity index (χ1) is 12.4. The molecule has 2 aromatic heterocycles. The number of rotatable bonds is 4. The fourth-order valence-electron chi connectivity index (χ4n) is 3.47. The van der Waals surface area contributed by atoms with Crippen molar-refractivity contribution in [2.45, 2.75) is 24.9 Å². The molecule has 0 unspecified atom stereocenters. The van der Waals surface area contributed by atoms with Crippen LogP contribution in [0.25, 0.3) is 0 Å². The molecule has 0 bridgehead atoms.